The van der Waals surface area contributed by atoms with Crippen LogP contribution in [0.5, 0.6) is 11.5 Å². The van der Waals surface area contributed by atoms with Gasteiger partial charge in [0.2, 0.25) is 5.88 Å². The summed E-state index contributed by atoms with van der Waals surface area (Å²) < 4.78 is 17.5. The van der Waals surface area contributed by atoms with Crippen molar-refractivity contribution in [3.8, 4) is 17.6 Å². The molecule has 1 unspecified atom stereocenters. The minimum absolute atomic E-state index is 0.00541. The van der Waals surface area contributed by atoms with Crippen LogP contribution in [0.3, 0.4) is 0 Å². The van der Waals surface area contributed by atoms with Gasteiger partial charge in [-0.2, -0.15) is 5.26 Å². The summed E-state index contributed by atoms with van der Waals surface area (Å²) in [4.78, 5) is 12.8. The average molecular weight is 431 g/mol. The van der Waals surface area contributed by atoms with E-state index in [-0.39, 0.29) is 17.2 Å². The fraction of sp³-hybridized carbons (Fsp3) is 0.308. The molecule has 2 N–H and O–H groups in total. The fourth-order valence-corrected chi connectivity index (χ4v) is 4.13. The van der Waals surface area contributed by atoms with Crippen molar-refractivity contribution < 1.29 is 19.0 Å². The number of nitrogens with two attached hydrogens (primary N) is 1. The van der Waals surface area contributed by atoms with Crippen LogP contribution < -0.4 is 15.2 Å². The molecule has 0 radical (unpaired) electrons. The standard InChI is InChI=1S/C26H26N2O4/c1-3-30-23-13-18(11-12-21(23)31-15-17-9-7-16(2)8-10-17)24-19(14-27)26(28)32-22-6-4-5-20(29)25(22)24/h7-13,24H,3-6,15,28H2,1-2H3. The maximum atomic E-state index is 12.8. The van der Waals surface area contributed by atoms with Gasteiger partial charge in [0.05, 0.1) is 12.5 Å². The van der Waals surface area contributed by atoms with Crippen molar-refractivity contribution in [3.05, 3.63) is 81.9 Å². The van der Waals surface area contributed by atoms with E-state index in [9.17, 15) is 10.1 Å². The fourth-order valence-electron chi connectivity index (χ4n) is 4.13. The Hall–Kier alpha value is -3.72. The number of allylic oxidation sites excluding steroid dienone is 3. The number of hydrogen-bond acceptors (Lipinski definition) is 6. The third-order valence-corrected chi connectivity index (χ3v) is 5.72. The van der Waals surface area contributed by atoms with Crippen LogP contribution in [0, 0.1) is 18.3 Å². The van der Waals surface area contributed by atoms with E-state index in [1.807, 2.05) is 56.3 Å². The highest BCUT2D eigenvalue weighted by Gasteiger charge is 2.38. The Morgan fingerprint density at radius 1 is 1.12 bits per heavy atom. The van der Waals surface area contributed by atoms with E-state index in [4.69, 9.17) is 19.9 Å². The first kappa shape index (κ1) is 21.5. The summed E-state index contributed by atoms with van der Waals surface area (Å²) >= 11 is 0. The van der Waals surface area contributed by atoms with Crippen molar-refractivity contribution >= 4 is 5.78 Å². The summed E-state index contributed by atoms with van der Waals surface area (Å²) in [5.74, 6) is 1.22. The molecule has 0 saturated heterocycles. The summed E-state index contributed by atoms with van der Waals surface area (Å²) in [7, 11) is 0. The van der Waals surface area contributed by atoms with Crippen LogP contribution in [0.15, 0.2) is 65.3 Å². The van der Waals surface area contributed by atoms with E-state index in [1.165, 1.54) is 5.56 Å². The Labute approximate surface area is 187 Å². The first-order valence-electron chi connectivity index (χ1n) is 10.8. The van der Waals surface area contributed by atoms with Crippen LogP contribution in [-0.2, 0) is 16.1 Å². The molecule has 0 saturated carbocycles. The van der Waals surface area contributed by atoms with Crippen LogP contribution >= 0.6 is 0 Å². The van der Waals surface area contributed by atoms with Crippen molar-refractivity contribution in [1.82, 2.24) is 0 Å². The zero-order chi connectivity index (χ0) is 22.7. The Morgan fingerprint density at radius 3 is 2.62 bits per heavy atom. The van der Waals surface area contributed by atoms with Crippen LogP contribution in [-0.4, -0.2) is 12.4 Å². The van der Waals surface area contributed by atoms with Gasteiger partial charge < -0.3 is 19.9 Å². The number of rotatable bonds is 6. The molecule has 0 fully saturated rings. The number of nitrogens with zero attached hydrogens (tertiary/aromatic N) is 1. The van der Waals surface area contributed by atoms with Crippen LogP contribution in [0.4, 0.5) is 0 Å². The SMILES string of the molecule is CCOc1cc(C2C(C#N)=C(N)OC3=C2C(=O)CCC3)ccc1OCc1ccc(C)cc1. The molecular weight excluding hydrogens is 404 g/mol. The van der Waals surface area contributed by atoms with E-state index >= 15 is 0 Å². The van der Waals surface area contributed by atoms with Gasteiger partial charge in [-0.25, -0.2) is 0 Å². The van der Waals surface area contributed by atoms with Crippen molar-refractivity contribution in [2.24, 2.45) is 5.73 Å². The van der Waals surface area contributed by atoms with Crippen molar-refractivity contribution in [2.45, 2.75) is 45.6 Å². The number of Topliss-reactive ketones (excluding diaryl/α,β-unsaturated/α-hetero) is 1. The molecular formula is C26H26N2O4. The van der Waals surface area contributed by atoms with Gasteiger partial charge in [-0.05, 0) is 43.5 Å². The van der Waals surface area contributed by atoms with Crippen LogP contribution in [0.25, 0.3) is 0 Å². The second-order valence-electron chi connectivity index (χ2n) is 7.95. The highest BCUT2D eigenvalue weighted by molar-refractivity contribution is 5.99. The topological polar surface area (TPSA) is 94.6 Å². The lowest BCUT2D eigenvalue weighted by Gasteiger charge is -2.31. The Bertz CT molecular complexity index is 1140. The number of hydrogen-bond donors (Lipinski definition) is 1. The van der Waals surface area contributed by atoms with Crippen molar-refractivity contribution in [2.75, 3.05) is 6.61 Å². The molecule has 1 heterocycles. The lowest BCUT2D eigenvalue weighted by atomic mass is 9.77. The second kappa shape index (κ2) is 9.19. The number of ketones is 1. The van der Waals surface area contributed by atoms with Gasteiger partial charge in [0.1, 0.15) is 24.0 Å². The highest BCUT2D eigenvalue weighted by Crippen LogP contribution is 2.45. The maximum Gasteiger partial charge on any atom is 0.205 e. The lowest BCUT2D eigenvalue weighted by Crippen LogP contribution is -2.27. The molecule has 1 aliphatic carbocycles. The molecule has 2 aliphatic rings. The predicted octanol–water partition coefficient (Wildman–Crippen LogP) is 4.79. The molecule has 1 aliphatic heterocycles. The Kier molecular flexibility index (Phi) is 6.18. The van der Waals surface area contributed by atoms with Gasteiger partial charge in [0.25, 0.3) is 0 Å². The molecule has 0 amide bonds. The Balaban J connectivity index is 1.69. The van der Waals surface area contributed by atoms with E-state index in [1.54, 1.807) is 0 Å². The van der Waals surface area contributed by atoms with E-state index < -0.39 is 5.92 Å². The summed E-state index contributed by atoms with van der Waals surface area (Å²) in [6, 6.07) is 15.8. The zero-order valence-electron chi connectivity index (χ0n) is 18.3. The van der Waals surface area contributed by atoms with E-state index in [0.717, 1.165) is 17.5 Å². The summed E-state index contributed by atoms with van der Waals surface area (Å²) in [5, 5.41) is 9.77. The number of carbonyl (C=O) groups excluding carboxylic acids is 1. The number of ether oxygens (including phenoxy) is 3. The summed E-state index contributed by atoms with van der Waals surface area (Å²) in [6.07, 6.45) is 1.79. The number of benzene rings is 2. The molecule has 6 heteroatoms. The van der Waals surface area contributed by atoms with Crippen LogP contribution in [0.1, 0.15) is 48.8 Å². The summed E-state index contributed by atoms with van der Waals surface area (Å²) in [6.45, 7) is 4.80. The van der Waals surface area contributed by atoms with Gasteiger partial charge in [-0.15, -0.1) is 0 Å². The third kappa shape index (κ3) is 4.19. The molecule has 6 nitrogen and oxygen atoms in total. The number of nitriles is 1. The van der Waals surface area contributed by atoms with Gasteiger partial charge in [0, 0.05) is 18.4 Å². The monoisotopic (exact) mass is 430 g/mol. The quantitative estimate of drug-likeness (QED) is 0.708. The maximum absolute atomic E-state index is 12.8. The normalized spacial score (nSPS) is 18.0. The molecule has 4 rings (SSSR count). The summed E-state index contributed by atoms with van der Waals surface area (Å²) in [5.41, 5.74) is 9.82. The minimum Gasteiger partial charge on any atom is -0.490 e. The average Bonchev–Trinajstić information content (AvgIpc) is 2.79. The molecule has 32 heavy (non-hydrogen) atoms. The molecule has 164 valence electrons. The zero-order valence-corrected chi connectivity index (χ0v) is 18.3. The van der Waals surface area contributed by atoms with Gasteiger partial charge in [-0.1, -0.05) is 35.9 Å². The molecule has 0 spiro atoms. The highest BCUT2D eigenvalue weighted by atomic mass is 16.5. The van der Waals surface area contributed by atoms with Gasteiger partial charge in [0.15, 0.2) is 17.3 Å². The van der Waals surface area contributed by atoms with E-state index in [0.29, 0.717) is 48.9 Å². The van der Waals surface area contributed by atoms with E-state index in [2.05, 4.69) is 6.07 Å². The lowest BCUT2D eigenvalue weighted by molar-refractivity contribution is -0.116. The van der Waals surface area contributed by atoms with Gasteiger partial charge in [-0.3, -0.25) is 4.79 Å². The van der Waals surface area contributed by atoms with Crippen molar-refractivity contribution in [1.29, 1.82) is 5.26 Å². The molecule has 2 aromatic rings. The molecule has 0 aromatic heterocycles. The minimum atomic E-state index is -0.568. The van der Waals surface area contributed by atoms with Crippen molar-refractivity contribution in [3.63, 3.8) is 0 Å². The molecule has 1 atom stereocenters. The second-order valence-corrected chi connectivity index (χ2v) is 7.95. The van der Waals surface area contributed by atoms with Gasteiger partial charge >= 0.3 is 0 Å². The molecule has 2 aromatic carbocycles. The first-order valence-corrected chi connectivity index (χ1v) is 10.8. The number of carbonyl (C=O) groups is 1. The first-order chi connectivity index (χ1) is 15.5. The number of aryl methyl sites for hydroxylation is 1. The molecule has 0 bridgehead atoms. The smallest absolute Gasteiger partial charge is 0.205 e. The Morgan fingerprint density at radius 2 is 1.91 bits per heavy atom. The van der Waals surface area contributed by atoms with Crippen LogP contribution in [0.2, 0.25) is 0 Å². The third-order valence-electron chi connectivity index (χ3n) is 5.72. The largest absolute Gasteiger partial charge is 0.490 e. The predicted molar refractivity (Wildman–Crippen MR) is 120 cm³/mol.